The predicted molar refractivity (Wildman–Crippen MR) is 228 cm³/mol. The van der Waals surface area contributed by atoms with Crippen molar-refractivity contribution < 1.29 is 19.3 Å². The summed E-state index contributed by atoms with van der Waals surface area (Å²) in [5.74, 6) is 1.29. The van der Waals surface area contributed by atoms with Crippen molar-refractivity contribution in [2.45, 2.75) is 27.1 Å². The molecule has 0 aliphatic heterocycles. The molecule has 7 rings (SSSR count). The average Bonchev–Trinajstić information content (AvgIpc) is 3.27. The number of nitro benzene ring substituents is 2. The van der Waals surface area contributed by atoms with Crippen LogP contribution < -0.4 is 9.47 Å². The number of aryl methyl sites for hydroxylation is 2. The van der Waals surface area contributed by atoms with Gasteiger partial charge in [0.05, 0.1) is 44.0 Å². The molecule has 14 heteroatoms. The van der Waals surface area contributed by atoms with Gasteiger partial charge >= 0.3 is 0 Å². The Bertz CT molecular complexity index is 2700. The van der Waals surface area contributed by atoms with Crippen LogP contribution in [-0.2, 0) is 13.2 Å². The standard InChI is InChI=1S/C46H36N8O6/c1-31-27-39(51-49-36-9-7-35(8-10-36)47-48-37-11-21-43(22-12-37)59-29-33-3-17-41(18-4-33)53(55)56)15-25-45(31)46-26-16-40(28-32(46)2)52-50-38-13-23-44(24-14-38)60-30-34-5-19-42(20-6-34)54(57)58/h3-28H,29-30H2,1-2H3. The average molecular weight is 797 g/mol. The fourth-order valence-electron chi connectivity index (χ4n) is 5.94. The van der Waals surface area contributed by atoms with Gasteiger partial charge < -0.3 is 9.47 Å². The Balaban J connectivity index is 0.891. The molecule has 0 bridgehead atoms. The third-order valence-corrected chi connectivity index (χ3v) is 9.18. The molecule has 14 nitrogen and oxygen atoms in total. The molecular weight excluding hydrogens is 761 g/mol. The van der Waals surface area contributed by atoms with E-state index in [9.17, 15) is 20.2 Å². The largest absolute Gasteiger partial charge is 0.489 e. The molecule has 296 valence electrons. The quantitative estimate of drug-likeness (QED) is 0.0565. The highest BCUT2D eigenvalue weighted by Crippen LogP contribution is 2.33. The maximum absolute atomic E-state index is 10.9. The Morgan fingerprint density at radius 3 is 0.983 bits per heavy atom. The number of nitrogens with zero attached hydrogens (tertiary/aromatic N) is 8. The first-order chi connectivity index (χ1) is 29.1. The second-order valence-electron chi connectivity index (χ2n) is 13.5. The normalized spacial score (nSPS) is 11.4. The molecule has 7 aromatic carbocycles. The van der Waals surface area contributed by atoms with Gasteiger partial charge in [-0.25, -0.2) is 0 Å². The maximum atomic E-state index is 10.9. The van der Waals surface area contributed by atoms with Gasteiger partial charge in [-0.1, -0.05) is 12.1 Å². The van der Waals surface area contributed by atoms with Gasteiger partial charge in [-0.05, 0) is 169 Å². The lowest BCUT2D eigenvalue weighted by Crippen LogP contribution is -1.95. The van der Waals surface area contributed by atoms with Crippen molar-refractivity contribution in [3.8, 4) is 22.6 Å². The van der Waals surface area contributed by atoms with E-state index in [1.165, 1.54) is 24.3 Å². The summed E-state index contributed by atoms with van der Waals surface area (Å²) in [7, 11) is 0. The SMILES string of the molecule is Cc1cc(N=Nc2ccc(N=Nc3ccc(OCc4ccc([N+](=O)[O-])cc4)cc3)cc2)ccc1-c1ccc(N=Nc2ccc(OCc3ccc([N+](=O)[O-])cc3)cc2)cc1C. The summed E-state index contributed by atoms with van der Waals surface area (Å²) < 4.78 is 11.6. The molecule has 0 heterocycles. The first-order valence-corrected chi connectivity index (χ1v) is 18.6. The number of azo groups is 3. The van der Waals surface area contributed by atoms with Crippen molar-refractivity contribution in [3.63, 3.8) is 0 Å². The van der Waals surface area contributed by atoms with Crippen LogP contribution in [0.25, 0.3) is 11.1 Å². The topological polar surface area (TPSA) is 179 Å². The van der Waals surface area contributed by atoms with Crippen molar-refractivity contribution in [2.24, 2.45) is 30.7 Å². The number of ether oxygens (including phenoxy) is 2. The summed E-state index contributed by atoms with van der Waals surface area (Å²) in [6.45, 7) is 4.66. The van der Waals surface area contributed by atoms with E-state index in [4.69, 9.17) is 9.47 Å². The van der Waals surface area contributed by atoms with Crippen LogP contribution in [0.1, 0.15) is 22.3 Å². The summed E-state index contributed by atoms with van der Waals surface area (Å²) in [5, 5.41) is 48.0. The van der Waals surface area contributed by atoms with Gasteiger partial charge in [0.15, 0.2) is 0 Å². The van der Waals surface area contributed by atoms with Crippen LogP contribution >= 0.6 is 0 Å². The van der Waals surface area contributed by atoms with Gasteiger partial charge in [0.2, 0.25) is 0 Å². The molecule has 0 atom stereocenters. The van der Waals surface area contributed by atoms with E-state index < -0.39 is 9.85 Å². The highest BCUT2D eigenvalue weighted by molar-refractivity contribution is 5.73. The Kier molecular flexibility index (Phi) is 12.5. The number of hydrogen-bond acceptors (Lipinski definition) is 12. The molecule has 0 radical (unpaired) electrons. The lowest BCUT2D eigenvalue weighted by molar-refractivity contribution is -0.385. The molecule has 0 saturated carbocycles. The monoisotopic (exact) mass is 796 g/mol. The second-order valence-corrected chi connectivity index (χ2v) is 13.5. The Morgan fingerprint density at radius 1 is 0.400 bits per heavy atom. The van der Waals surface area contributed by atoms with E-state index in [1.54, 1.807) is 60.7 Å². The van der Waals surface area contributed by atoms with Crippen molar-refractivity contribution in [1.82, 2.24) is 0 Å². The van der Waals surface area contributed by atoms with Gasteiger partial charge in [-0.3, -0.25) is 20.2 Å². The van der Waals surface area contributed by atoms with Crippen molar-refractivity contribution in [1.29, 1.82) is 0 Å². The van der Waals surface area contributed by atoms with Crippen LogP contribution in [0.2, 0.25) is 0 Å². The molecule has 0 spiro atoms. The molecule has 0 amide bonds. The number of rotatable bonds is 15. The summed E-state index contributed by atoms with van der Waals surface area (Å²) in [4.78, 5) is 20.8. The first kappa shape index (κ1) is 40.0. The summed E-state index contributed by atoms with van der Waals surface area (Å²) in [6.07, 6.45) is 0. The highest BCUT2D eigenvalue weighted by atomic mass is 16.6. The van der Waals surface area contributed by atoms with Crippen LogP contribution in [0.5, 0.6) is 11.5 Å². The molecule has 0 fully saturated rings. The van der Waals surface area contributed by atoms with Crippen LogP contribution in [0.15, 0.2) is 188 Å². The van der Waals surface area contributed by atoms with Crippen LogP contribution in [0, 0.1) is 34.1 Å². The lowest BCUT2D eigenvalue weighted by Gasteiger charge is -2.10. The number of benzene rings is 7. The van der Waals surface area contributed by atoms with Gasteiger partial charge in [0.25, 0.3) is 11.4 Å². The number of hydrogen-bond donors (Lipinski definition) is 0. The van der Waals surface area contributed by atoms with Gasteiger partial charge in [-0.15, -0.1) is 0 Å². The molecule has 0 aromatic heterocycles. The van der Waals surface area contributed by atoms with E-state index in [0.29, 0.717) is 34.2 Å². The summed E-state index contributed by atoms with van der Waals surface area (Å²) >= 11 is 0. The Labute approximate surface area is 344 Å². The van der Waals surface area contributed by atoms with E-state index in [0.717, 1.165) is 44.8 Å². The van der Waals surface area contributed by atoms with Gasteiger partial charge in [-0.2, -0.15) is 30.7 Å². The molecule has 7 aromatic rings. The van der Waals surface area contributed by atoms with Crippen molar-refractivity contribution in [2.75, 3.05) is 0 Å². The fourth-order valence-corrected chi connectivity index (χ4v) is 5.94. The first-order valence-electron chi connectivity index (χ1n) is 18.6. The maximum Gasteiger partial charge on any atom is 0.269 e. The molecule has 0 aliphatic carbocycles. The molecular formula is C46H36N8O6. The minimum atomic E-state index is -0.432. The van der Waals surface area contributed by atoms with Gasteiger partial charge in [0, 0.05) is 24.3 Å². The second kappa shape index (κ2) is 18.8. The molecule has 0 aliphatic rings. The van der Waals surface area contributed by atoms with Crippen LogP contribution in [0.3, 0.4) is 0 Å². The zero-order valence-corrected chi connectivity index (χ0v) is 32.5. The van der Waals surface area contributed by atoms with Crippen LogP contribution in [-0.4, -0.2) is 9.85 Å². The predicted octanol–water partition coefficient (Wildman–Crippen LogP) is 14.2. The number of non-ortho nitro benzene ring substituents is 2. The Morgan fingerprint density at radius 2 is 0.683 bits per heavy atom. The lowest BCUT2D eigenvalue weighted by atomic mass is 9.96. The Hall–Kier alpha value is -8.26. The van der Waals surface area contributed by atoms with E-state index in [-0.39, 0.29) is 24.6 Å². The molecule has 0 unspecified atom stereocenters. The zero-order valence-electron chi connectivity index (χ0n) is 32.5. The zero-order chi connectivity index (χ0) is 41.8. The van der Waals surface area contributed by atoms with Gasteiger partial charge in [0.1, 0.15) is 24.7 Å². The summed E-state index contributed by atoms with van der Waals surface area (Å²) in [6, 6.07) is 46.2. The van der Waals surface area contributed by atoms with Crippen molar-refractivity contribution in [3.05, 3.63) is 200 Å². The van der Waals surface area contributed by atoms with E-state index in [1.807, 2.05) is 86.6 Å². The van der Waals surface area contributed by atoms with Crippen LogP contribution in [0.4, 0.5) is 45.5 Å². The number of nitro groups is 2. The summed E-state index contributed by atoms with van der Waals surface area (Å²) in [5.41, 5.74) is 10.1. The smallest absolute Gasteiger partial charge is 0.269 e. The minimum absolute atomic E-state index is 0.0394. The third kappa shape index (κ3) is 10.8. The van der Waals surface area contributed by atoms with E-state index in [2.05, 4.69) is 30.7 Å². The third-order valence-electron chi connectivity index (χ3n) is 9.18. The molecule has 0 saturated heterocycles. The molecule has 0 N–H and O–H groups in total. The highest BCUT2D eigenvalue weighted by Gasteiger charge is 2.09. The fraction of sp³-hybridized carbons (Fsp3) is 0.0870. The molecule has 60 heavy (non-hydrogen) atoms. The van der Waals surface area contributed by atoms with E-state index >= 15 is 0 Å². The van der Waals surface area contributed by atoms with Crippen molar-refractivity contribution >= 4 is 45.5 Å². The minimum Gasteiger partial charge on any atom is -0.489 e.